The predicted molar refractivity (Wildman–Crippen MR) is 211 cm³/mol. The first-order valence-electron chi connectivity index (χ1n) is 16.8. The summed E-state index contributed by atoms with van der Waals surface area (Å²) in [5.74, 6) is 0. The summed E-state index contributed by atoms with van der Waals surface area (Å²) in [7, 11) is 0. The van der Waals surface area contributed by atoms with E-state index in [0.29, 0.717) is 5.69 Å². The molecule has 0 fully saturated rings. The highest BCUT2D eigenvalue weighted by molar-refractivity contribution is 7.26. The fourth-order valence-electron chi connectivity index (χ4n) is 8.28. The Labute approximate surface area is 287 Å². The van der Waals surface area contributed by atoms with Gasteiger partial charge in [-0.3, -0.25) is 0 Å². The van der Waals surface area contributed by atoms with Crippen molar-refractivity contribution < 1.29 is 0 Å². The molecule has 0 saturated heterocycles. The lowest BCUT2D eigenvalue weighted by Crippen LogP contribution is -2.02. The molecule has 0 unspecified atom stereocenters. The Balaban J connectivity index is 1.25. The topological polar surface area (TPSA) is 29.4 Å². The van der Waals surface area contributed by atoms with Crippen LogP contribution in [0.1, 0.15) is 17.5 Å². The van der Waals surface area contributed by atoms with E-state index in [9.17, 15) is 4.91 Å². The van der Waals surface area contributed by atoms with Crippen LogP contribution in [-0.4, -0.2) is 0 Å². The number of allylic oxidation sites excluding steroid dienone is 1. The van der Waals surface area contributed by atoms with Crippen LogP contribution in [-0.2, 0) is 6.42 Å². The van der Waals surface area contributed by atoms with Crippen molar-refractivity contribution in [2.24, 2.45) is 5.18 Å². The van der Waals surface area contributed by atoms with Gasteiger partial charge in [0.25, 0.3) is 0 Å². The molecule has 2 nitrogen and oxygen atoms in total. The maximum atomic E-state index is 12.2. The predicted octanol–water partition coefficient (Wildman–Crippen LogP) is 13.9. The first-order valence-corrected chi connectivity index (χ1v) is 17.6. The van der Waals surface area contributed by atoms with E-state index < -0.39 is 0 Å². The van der Waals surface area contributed by atoms with E-state index in [1.165, 1.54) is 69.9 Å². The molecule has 0 aliphatic heterocycles. The molecule has 8 aromatic carbocycles. The second kappa shape index (κ2) is 11.1. The zero-order valence-corrected chi connectivity index (χ0v) is 27.4. The number of benzene rings is 8. The standard InChI is InChI=1S/C46H29NOS/c48-47-45-36-21-10-8-19-34(36)44(35-20-9-11-22-37(35)45)39-24-12-23-38-40-27-29(25-26-41(40)49-46(38)39)43-32-17-6-4-15-30(32)42(28-13-2-1-3-14-28)31-16-5-7-18-33(31)43/h1-6,8-17,19-27H,7,18H2. The molecule has 1 aliphatic rings. The highest BCUT2D eigenvalue weighted by atomic mass is 32.1. The van der Waals surface area contributed by atoms with E-state index in [1.54, 1.807) is 0 Å². The number of hydrogen-bond acceptors (Lipinski definition) is 3. The van der Waals surface area contributed by atoms with Crippen molar-refractivity contribution in [3.05, 3.63) is 162 Å². The molecule has 10 rings (SSSR count). The third kappa shape index (κ3) is 4.19. The number of nitroso groups, excluding NO2 is 1. The van der Waals surface area contributed by atoms with Crippen molar-refractivity contribution >= 4 is 75.6 Å². The smallest absolute Gasteiger partial charge is 0.123 e. The molecule has 0 amide bonds. The van der Waals surface area contributed by atoms with Crippen molar-refractivity contribution in [2.45, 2.75) is 12.8 Å². The van der Waals surface area contributed by atoms with Gasteiger partial charge in [0.1, 0.15) is 5.69 Å². The van der Waals surface area contributed by atoms with Gasteiger partial charge >= 0.3 is 0 Å². The third-order valence-corrected chi connectivity index (χ3v) is 11.5. The van der Waals surface area contributed by atoms with E-state index in [-0.39, 0.29) is 0 Å². The van der Waals surface area contributed by atoms with Crippen LogP contribution in [0.5, 0.6) is 0 Å². The molecule has 3 heteroatoms. The van der Waals surface area contributed by atoms with Crippen molar-refractivity contribution in [1.82, 2.24) is 0 Å². The second-order valence-corrected chi connectivity index (χ2v) is 13.9. The summed E-state index contributed by atoms with van der Waals surface area (Å²) < 4.78 is 2.52. The van der Waals surface area contributed by atoms with E-state index in [1.807, 2.05) is 35.6 Å². The quantitative estimate of drug-likeness (QED) is 0.139. The molecule has 1 heterocycles. The van der Waals surface area contributed by atoms with Gasteiger partial charge in [0, 0.05) is 36.5 Å². The summed E-state index contributed by atoms with van der Waals surface area (Å²) in [5.41, 5.74) is 10.8. The Bertz CT molecular complexity index is 2790. The van der Waals surface area contributed by atoms with Gasteiger partial charge in [-0.25, -0.2) is 0 Å². The van der Waals surface area contributed by atoms with Crippen molar-refractivity contribution in [2.75, 3.05) is 0 Å². The van der Waals surface area contributed by atoms with E-state index in [2.05, 4.69) is 133 Å². The van der Waals surface area contributed by atoms with Crippen LogP contribution in [0, 0.1) is 4.91 Å². The monoisotopic (exact) mass is 643 g/mol. The fraction of sp³-hybridized carbons (Fsp3) is 0.0435. The molecule has 1 aliphatic carbocycles. The lowest BCUT2D eigenvalue weighted by Gasteiger charge is -2.23. The van der Waals surface area contributed by atoms with Crippen LogP contribution in [0.15, 0.2) is 151 Å². The molecule has 49 heavy (non-hydrogen) atoms. The Kier molecular flexibility index (Phi) is 6.37. The summed E-state index contributed by atoms with van der Waals surface area (Å²) >= 11 is 1.85. The normalized spacial score (nSPS) is 12.7. The number of thiophene rings is 1. The molecule has 0 atom stereocenters. The highest BCUT2D eigenvalue weighted by Gasteiger charge is 2.23. The average molecular weight is 644 g/mol. The molecule has 0 saturated carbocycles. The number of fused-ring (bicyclic) bond motifs is 7. The maximum absolute atomic E-state index is 12.2. The maximum Gasteiger partial charge on any atom is 0.123 e. The summed E-state index contributed by atoms with van der Waals surface area (Å²) in [6.45, 7) is 0. The van der Waals surface area contributed by atoms with Gasteiger partial charge in [0.05, 0.1) is 0 Å². The molecular formula is C46H29NOS. The summed E-state index contributed by atoms with van der Waals surface area (Å²) in [6.07, 6.45) is 6.74. The van der Waals surface area contributed by atoms with Crippen LogP contribution in [0.25, 0.3) is 91.9 Å². The minimum atomic E-state index is 0.506. The molecule has 0 bridgehead atoms. The Morgan fingerprint density at radius 2 is 1.12 bits per heavy atom. The largest absolute Gasteiger partial charge is 0.145 e. The van der Waals surface area contributed by atoms with Gasteiger partial charge in [-0.15, -0.1) is 16.2 Å². The molecule has 0 spiro atoms. The minimum Gasteiger partial charge on any atom is -0.145 e. The van der Waals surface area contributed by atoms with E-state index >= 15 is 0 Å². The second-order valence-electron chi connectivity index (χ2n) is 12.9. The van der Waals surface area contributed by atoms with Crippen LogP contribution < -0.4 is 0 Å². The third-order valence-electron chi connectivity index (χ3n) is 10.3. The van der Waals surface area contributed by atoms with Crippen molar-refractivity contribution in [1.29, 1.82) is 0 Å². The van der Waals surface area contributed by atoms with Gasteiger partial charge in [0.2, 0.25) is 0 Å². The Hall–Kier alpha value is -5.90. The number of rotatable bonds is 4. The molecule has 0 N–H and O–H groups in total. The highest BCUT2D eigenvalue weighted by Crippen LogP contribution is 2.49. The van der Waals surface area contributed by atoms with Crippen LogP contribution in [0.3, 0.4) is 0 Å². The Morgan fingerprint density at radius 1 is 0.510 bits per heavy atom. The summed E-state index contributed by atoms with van der Waals surface area (Å²) in [6, 6.07) is 49.9. The molecule has 0 radical (unpaired) electrons. The first-order chi connectivity index (χ1) is 24.3. The van der Waals surface area contributed by atoms with Gasteiger partial charge in [-0.1, -0.05) is 140 Å². The van der Waals surface area contributed by atoms with Crippen molar-refractivity contribution in [3.8, 4) is 33.4 Å². The average Bonchev–Trinajstić information content (AvgIpc) is 3.54. The summed E-state index contributed by atoms with van der Waals surface area (Å²) in [4.78, 5) is 12.2. The van der Waals surface area contributed by atoms with Crippen LogP contribution in [0.2, 0.25) is 0 Å². The first kappa shape index (κ1) is 28.1. The zero-order valence-electron chi connectivity index (χ0n) is 26.6. The molecule has 1 aromatic heterocycles. The van der Waals surface area contributed by atoms with E-state index in [0.717, 1.165) is 39.9 Å². The van der Waals surface area contributed by atoms with E-state index in [4.69, 9.17) is 0 Å². The molecule has 230 valence electrons. The number of nitrogens with zero attached hydrogens (tertiary/aromatic N) is 1. The lowest BCUT2D eigenvalue weighted by atomic mass is 9.80. The fourth-order valence-corrected chi connectivity index (χ4v) is 9.48. The minimum absolute atomic E-state index is 0.506. The summed E-state index contributed by atoms with van der Waals surface area (Å²) in [5, 5.41) is 12.5. The van der Waals surface area contributed by atoms with Crippen molar-refractivity contribution in [3.63, 3.8) is 0 Å². The lowest BCUT2D eigenvalue weighted by molar-refractivity contribution is 0.991. The van der Waals surface area contributed by atoms with Gasteiger partial charge in [0.15, 0.2) is 0 Å². The number of hydrogen-bond donors (Lipinski definition) is 0. The van der Waals surface area contributed by atoms with Gasteiger partial charge in [-0.05, 0) is 90.6 Å². The van der Waals surface area contributed by atoms with Gasteiger partial charge < -0.3 is 0 Å². The zero-order chi connectivity index (χ0) is 32.5. The molecular weight excluding hydrogens is 615 g/mol. The SMILES string of the molecule is O=Nc1c2ccccc2c(-c2cccc3c2sc2ccc(-c4c5c(c(-c6ccccc6)c6ccccc46)C=CCC5)cc23)c2ccccc12. The van der Waals surface area contributed by atoms with Gasteiger partial charge in [-0.2, -0.15) is 0 Å². The molecule has 9 aromatic rings. The van der Waals surface area contributed by atoms with Crippen LogP contribution >= 0.6 is 11.3 Å². The van der Waals surface area contributed by atoms with Crippen LogP contribution in [0.4, 0.5) is 5.69 Å². The Morgan fingerprint density at radius 3 is 1.82 bits per heavy atom.